The minimum absolute atomic E-state index is 0.301. The van der Waals surface area contributed by atoms with Crippen molar-refractivity contribution in [2.24, 2.45) is 10.9 Å². The van der Waals surface area contributed by atoms with E-state index in [2.05, 4.69) is 36.3 Å². The predicted octanol–water partition coefficient (Wildman–Crippen LogP) is 1.86. The van der Waals surface area contributed by atoms with Crippen LogP contribution in [0.2, 0.25) is 0 Å². The second-order valence-corrected chi connectivity index (χ2v) is 7.45. The van der Waals surface area contributed by atoms with Gasteiger partial charge in [0.15, 0.2) is 5.96 Å². The molecule has 25 heavy (non-hydrogen) atoms. The van der Waals surface area contributed by atoms with Gasteiger partial charge < -0.3 is 20.1 Å². The number of piperidine rings is 1. The van der Waals surface area contributed by atoms with Crippen LogP contribution in [0.5, 0.6) is 0 Å². The molecule has 6 nitrogen and oxygen atoms in total. The van der Waals surface area contributed by atoms with Crippen molar-refractivity contribution in [1.29, 1.82) is 0 Å². The zero-order valence-corrected chi connectivity index (χ0v) is 16.4. The Hall–Kier alpha value is -0.850. The maximum atomic E-state index is 5.80. The van der Waals surface area contributed by atoms with E-state index in [1.165, 1.54) is 25.9 Å². The summed E-state index contributed by atoms with van der Waals surface area (Å²) in [5.74, 6) is 1.74. The maximum Gasteiger partial charge on any atom is 0.191 e. The van der Waals surface area contributed by atoms with Gasteiger partial charge in [0.05, 0.1) is 19.3 Å². The summed E-state index contributed by atoms with van der Waals surface area (Å²) in [5, 5.41) is 6.76. The van der Waals surface area contributed by atoms with E-state index in [0.717, 1.165) is 64.2 Å². The summed E-state index contributed by atoms with van der Waals surface area (Å²) >= 11 is 0. The Kier molecular flexibility index (Phi) is 9.58. The maximum absolute atomic E-state index is 5.80. The molecule has 0 bridgehead atoms. The van der Waals surface area contributed by atoms with Crippen LogP contribution in [0.25, 0.3) is 0 Å². The first-order chi connectivity index (χ1) is 12.2. The molecule has 146 valence electrons. The van der Waals surface area contributed by atoms with E-state index in [0.29, 0.717) is 12.1 Å². The van der Waals surface area contributed by atoms with Gasteiger partial charge in [-0.1, -0.05) is 6.92 Å². The largest absolute Gasteiger partial charge is 0.379 e. The molecule has 0 aromatic heterocycles. The number of hydrogen-bond donors (Lipinski definition) is 2. The monoisotopic (exact) mass is 354 g/mol. The van der Waals surface area contributed by atoms with Gasteiger partial charge in [-0.2, -0.15) is 0 Å². The number of hydrogen-bond acceptors (Lipinski definition) is 4. The molecular formula is C19H38N4O2. The summed E-state index contributed by atoms with van der Waals surface area (Å²) in [5.41, 5.74) is 0. The van der Waals surface area contributed by atoms with Gasteiger partial charge in [0.25, 0.3) is 0 Å². The Labute approximate surface area is 153 Å². The highest BCUT2D eigenvalue weighted by molar-refractivity contribution is 5.79. The number of nitrogens with one attached hydrogen (secondary N) is 2. The van der Waals surface area contributed by atoms with Crippen LogP contribution in [0.1, 0.15) is 46.5 Å². The number of aliphatic imine (C=N–C) groups is 1. The average Bonchev–Trinajstić information content (AvgIpc) is 3.12. The summed E-state index contributed by atoms with van der Waals surface area (Å²) in [6.45, 7) is 14.2. The standard InChI is InChI=1S/C19H38N4O2/c1-4-20-19(21-9-6-11-25-18-8-12-24-15-18)22-13-17(3)23-10-5-7-16(2)14-23/h16-18H,4-15H2,1-3H3,(H2,20,21,22). The molecule has 2 aliphatic rings. The number of ether oxygens (including phenoxy) is 2. The van der Waals surface area contributed by atoms with Gasteiger partial charge >= 0.3 is 0 Å². The van der Waals surface area contributed by atoms with Crippen molar-refractivity contribution in [3.05, 3.63) is 0 Å². The molecule has 2 heterocycles. The van der Waals surface area contributed by atoms with Crippen molar-refractivity contribution in [3.8, 4) is 0 Å². The Balaban J connectivity index is 1.64. The SMILES string of the molecule is CCNC(=NCC(C)N1CCCC(C)C1)NCCCOC1CCOC1. The van der Waals surface area contributed by atoms with Gasteiger partial charge in [0.1, 0.15) is 0 Å². The van der Waals surface area contributed by atoms with Crippen LogP contribution in [-0.4, -0.2) is 75.5 Å². The minimum Gasteiger partial charge on any atom is -0.379 e. The summed E-state index contributed by atoms with van der Waals surface area (Å²) in [4.78, 5) is 7.36. The van der Waals surface area contributed by atoms with E-state index in [9.17, 15) is 0 Å². The van der Waals surface area contributed by atoms with Crippen LogP contribution >= 0.6 is 0 Å². The fourth-order valence-electron chi connectivity index (χ4n) is 3.48. The highest BCUT2D eigenvalue weighted by atomic mass is 16.5. The lowest BCUT2D eigenvalue weighted by molar-refractivity contribution is 0.0420. The normalized spacial score (nSPS) is 26.6. The topological polar surface area (TPSA) is 58.1 Å². The molecule has 2 fully saturated rings. The second kappa shape index (κ2) is 11.7. The van der Waals surface area contributed by atoms with Crippen molar-refractivity contribution in [2.45, 2.75) is 58.6 Å². The van der Waals surface area contributed by atoms with Crippen molar-refractivity contribution in [3.63, 3.8) is 0 Å². The van der Waals surface area contributed by atoms with Crippen LogP contribution in [0.4, 0.5) is 0 Å². The summed E-state index contributed by atoms with van der Waals surface area (Å²) in [6.07, 6.45) is 5.00. The van der Waals surface area contributed by atoms with Gasteiger partial charge in [-0.25, -0.2) is 0 Å². The number of rotatable bonds is 9. The van der Waals surface area contributed by atoms with Crippen LogP contribution in [-0.2, 0) is 9.47 Å². The number of nitrogens with zero attached hydrogens (tertiary/aromatic N) is 2. The lowest BCUT2D eigenvalue weighted by Crippen LogP contribution is -2.43. The Bertz CT molecular complexity index is 386. The molecule has 0 aliphatic carbocycles. The number of likely N-dealkylation sites (tertiary alicyclic amines) is 1. The molecule has 2 N–H and O–H groups in total. The molecule has 2 aliphatic heterocycles. The van der Waals surface area contributed by atoms with Crippen LogP contribution in [0.3, 0.4) is 0 Å². The molecule has 0 saturated carbocycles. The van der Waals surface area contributed by atoms with Gasteiger partial charge in [0.2, 0.25) is 0 Å². The van der Waals surface area contributed by atoms with E-state index in [1.807, 2.05) is 0 Å². The average molecular weight is 355 g/mol. The van der Waals surface area contributed by atoms with E-state index in [1.54, 1.807) is 0 Å². The lowest BCUT2D eigenvalue weighted by atomic mass is 9.99. The van der Waals surface area contributed by atoms with E-state index >= 15 is 0 Å². The quantitative estimate of drug-likeness (QED) is 0.376. The zero-order chi connectivity index (χ0) is 17.9. The summed E-state index contributed by atoms with van der Waals surface area (Å²) in [7, 11) is 0. The van der Waals surface area contributed by atoms with Crippen LogP contribution in [0, 0.1) is 5.92 Å². The molecule has 3 unspecified atom stereocenters. The molecule has 0 amide bonds. The summed E-state index contributed by atoms with van der Waals surface area (Å²) in [6, 6.07) is 0.504. The van der Waals surface area contributed by atoms with E-state index in [4.69, 9.17) is 14.5 Å². The molecular weight excluding hydrogens is 316 g/mol. The van der Waals surface area contributed by atoms with Crippen molar-refractivity contribution < 1.29 is 9.47 Å². The number of guanidine groups is 1. The van der Waals surface area contributed by atoms with E-state index in [-0.39, 0.29) is 0 Å². The molecule has 2 saturated heterocycles. The van der Waals surface area contributed by atoms with Crippen LogP contribution in [0.15, 0.2) is 4.99 Å². The summed E-state index contributed by atoms with van der Waals surface area (Å²) < 4.78 is 11.1. The highest BCUT2D eigenvalue weighted by Gasteiger charge is 2.20. The highest BCUT2D eigenvalue weighted by Crippen LogP contribution is 2.17. The molecule has 2 rings (SSSR count). The first kappa shape index (κ1) is 20.5. The second-order valence-electron chi connectivity index (χ2n) is 7.45. The Morgan fingerprint density at radius 3 is 2.96 bits per heavy atom. The third-order valence-corrected chi connectivity index (χ3v) is 5.02. The predicted molar refractivity (Wildman–Crippen MR) is 103 cm³/mol. The molecule has 0 aromatic rings. The van der Waals surface area contributed by atoms with Gasteiger partial charge in [0, 0.05) is 38.9 Å². The molecule has 3 atom stereocenters. The minimum atomic E-state index is 0.301. The first-order valence-electron chi connectivity index (χ1n) is 10.1. The third kappa shape index (κ3) is 7.92. The van der Waals surface area contributed by atoms with Crippen molar-refractivity contribution >= 4 is 5.96 Å². The smallest absolute Gasteiger partial charge is 0.191 e. The van der Waals surface area contributed by atoms with Gasteiger partial charge in [-0.3, -0.25) is 9.89 Å². The molecule has 0 spiro atoms. The lowest BCUT2D eigenvalue weighted by Gasteiger charge is -2.35. The van der Waals surface area contributed by atoms with E-state index < -0.39 is 0 Å². The fraction of sp³-hybridized carbons (Fsp3) is 0.947. The molecule has 6 heteroatoms. The third-order valence-electron chi connectivity index (χ3n) is 5.02. The van der Waals surface area contributed by atoms with Gasteiger partial charge in [-0.05, 0) is 52.0 Å². The molecule has 0 aromatic carbocycles. The van der Waals surface area contributed by atoms with Crippen molar-refractivity contribution in [2.75, 3.05) is 52.5 Å². The Morgan fingerprint density at radius 1 is 1.36 bits per heavy atom. The van der Waals surface area contributed by atoms with Crippen molar-refractivity contribution in [1.82, 2.24) is 15.5 Å². The first-order valence-corrected chi connectivity index (χ1v) is 10.1. The zero-order valence-electron chi connectivity index (χ0n) is 16.4. The fourth-order valence-corrected chi connectivity index (χ4v) is 3.48. The Morgan fingerprint density at radius 2 is 2.24 bits per heavy atom. The van der Waals surface area contributed by atoms with Crippen LogP contribution < -0.4 is 10.6 Å². The van der Waals surface area contributed by atoms with Gasteiger partial charge in [-0.15, -0.1) is 0 Å². The molecule has 0 radical (unpaired) electrons.